The molecule has 2 aliphatic rings. The van der Waals surface area contributed by atoms with Crippen molar-refractivity contribution in [3.63, 3.8) is 0 Å². The van der Waals surface area contributed by atoms with Crippen LogP contribution in [-0.2, 0) is 0 Å². The van der Waals surface area contributed by atoms with Gasteiger partial charge < -0.3 is 15.2 Å². The lowest BCUT2D eigenvalue weighted by Gasteiger charge is -2.39. The Kier molecular flexibility index (Phi) is 3.99. The molecule has 20 heavy (non-hydrogen) atoms. The van der Waals surface area contributed by atoms with Gasteiger partial charge in [-0.25, -0.2) is 0 Å². The Labute approximate surface area is 121 Å². The molecule has 3 rings (SSSR count). The molecule has 1 unspecified atom stereocenters. The first-order valence-corrected chi connectivity index (χ1v) is 7.81. The van der Waals surface area contributed by atoms with Crippen LogP contribution < -0.4 is 10.1 Å². The number of benzene rings is 1. The summed E-state index contributed by atoms with van der Waals surface area (Å²) in [4.78, 5) is 0. The zero-order chi connectivity index (χ0) is 14.0. The summed E-state index contributed by atoms with van der Waals surface area (Å²) in [5.74, 6) is 1.45. The summed E-state index contributed by atoms with van der Waals surface area (Å²) in [6, 6.07) is 8.87. The van der Waals surface area contributed by atoms with E-state index >= 15 is 0 Å². The Morgan fingerprint density at radius 1 is 1.25 bits per heavy atom. The quantitative estimate of drug-likeness (QED) is 0.891. The number of aliphatic hydroxyl groups is 1. The Morgan fingerprint density at radius 2 is 2.00 bits per heavy atom. The van der Waals surface area contributed by atoms with Crippen LogP contribution in [0, 0.1) is 0 Å². The molecule has 1 aliphatic carbocycles. The number of fused-ring (bicyclic) bond motifs is 1. The second kappa shape index (κ2) is 5.74. The van der Waals surface area contributed by atoms with Crippen molar-refractivity contribution in [1.82, 2.24) is 5.32 Å². The summed E-state index contributed by atoms with van der Waals surface area (Å²) in [6.07, 6.45) is 5.89. The normalized spacial score (nSPS) is 33.3. The van der Waals surface area contributed by atoms with E-state index in [0.717, 1.165) is 50.9 Å². The molecule has 1 aromatic carbocycles. The minimum Gasteiger partial charge on any atom is -0.493 e. The van der Waals surface area contributed by atoms with Crippen molar-refractivity contribution in [2.75, 3.05) is 13.7 Å². The summed E-state index contributed by atoms with van der Waals surface area (Å²) < 4.78 is 5.72. The molecule has 3 nitrogen and oxygen atoms in total. The minimum absolute atomic E-state index is 0.441. The third-order valence-corrected chi connectivity index (χ3v) is 5.03. The Balaban J connectivity index is 1.69. The first kappa shape index (κ1) is 13.9. The van der Waals surface area contributed by atoms with Crippen LogP contribution in [0.5, 0.6) is 5.75 Å². The largest absolute Gasteiger partial charge is 0.493 e. The molecule has 1 atom stereocenters. The molecule has 1 heterocycles. The van der Waals surface area contributed by atoms with Gasteiger partial charge in [-0.15, -0.1) is 0 Å². The van der Waals surface area contributed by atoms with E-state index in [1.165, 1.54) is 5.56 Å². The zero-order valence-corrected chi connectivity index (χ0v) is 12.3. The average Bonchev–Trinajstić information content (AvgIpc) is 2.48. The first-order valence-electron chi connectivity index (χ1n) is 7.81. The molecule has 3 heteroatoms. The van der Waals surface area contributed by atoms with Crippen LogP contribution in [0.4, 0.5) is 0 Å². The zero-order valence-electron chi connectivity index (χ0n) is 12.3. The number of ether oxygens (including phenoxy) is 1. The molecule has 0 aromatic heterocycles. The molecule has 110 valence electrons. The van der Waals surface area contributed by atoms with Crippen molar-refractivity contribution >= 4 is 0 Å². The van der Waals surface area contributed by atoms with Gasteiger partial charge in [0.15, 0.2) is 0 Å². The van der Waals surface area contributed by atoms with E-state index in [1.807, 2.05) is 19.2 Å². The highest BCUT2D eigenvalue weighted by atomic mass is 16.5. The Morgan fingerprint density at radius 3 is 2.75 bits per heavy atom. The third kappa shape index (κ3) is 2.84. The fourth-order valence-corrected chi connectivity index (χ4v) is 3.73. The molecule has 0 saturated heterocycles. The third-order valence-electron chi connectivity index (χ3n) is 5.03. The van der Waals surface area contributed by atoms with Crippen molar-refractivity contribution in [3.05, 3.63) is 29.8 Å². The van der Waals surface area contributed by atoms with E-state index in [9.17, 15) is 5.11 Å². The standard InChI is InChI=1S/C17H25NO2/c1-18-14-6-9-17(19,10-7-14)12-13-8-11-20-16-5-3-2-4-15(13)16/h2-5,13-14,18-19H,6-12H2,1H3. The van der Waals surface area contributed by atoms with Crippen LogP contribution in [0.2, 0.25) is 0 Å². The van der Waals surface area contributed by atoms with Crippen LogP contribution in [0.3, 0.4) is 0 Å². The topological polar surface area (TPSA) is 41.5 Å². The van der Waals surface area contributed by atoms with E-state index in [-0.39, 0.29) is 0 Å². The highest BCUT2D eigenvalue weighted by Crippen LogP contribution is 2.42. The average molecular weight is 275 g/mol. The summed E-state index contributed by atoms with van der Waals surface area (Å²) in [6.45, 7) is 0.775. The van der Waals surface area contributed by atoms with Crippen LogP contribution in [0.1, 0.15) is 50.0 Å². The maximum absolute atomic E-state index is 10.9. The molecular weight excluding hydrogens is 250 g/mol. The maximum Gasteiger partial charge on any atom is 0.122 e. The highest BCUT2D eigenvalue weighted by molar-refractivity contribution is 5.38. The lowest BCUT2D eigenvalue weighted by Crippen LogP contribution is -2.41. The molecule has 0 bridgehead atoms. The van der Waals surface area contributed by atoms with Gasteiger partial charge in [-0.3, -0.25) is 0 Å². The smallest absolute Gasteiger partial charge is 0.122 e. The van der Waals surface area contributed by atoms with Gasteiger partial charge in [-0.05, 0) is 63.1 Å². The summed E-state index contributed by atoms with van der Waals surface area (Å²) in [5.41, 5.74) is 0.797. The van der Waals surface area contributed by atoms with Crippen LogP contribution in [0.15, 0.2) is 24.3 Å². The molecule has 0 spiro atoms. The van der Waals surface area contributed by atoms with E-state index in [1.54, 1.807) is 0 Å². The number of para-hydroxylation sites is 1. The first-order chi connectivity index (χ1) is 9.70. The van der Waals surface area contributed by atoms with Crippen molar-refractivity contribution in [2.45, 2.75) is 56.1 Å². The monoisotopic (exact) mass is 275 g/mol. The van der Waals surface area contributed by atoms with Gasteiger partial charge in [0.05, 0.1) is 12.2 Å². The summed E-state index contributed by atoms with van der Waals surface area (Å²) in [5, 5.41) is 14.2. The van der Waals surface area contributed by atoms with Crippen molar-refractivity contribution in [1.29, 1.82) is 0 Å². The van der Waals surface area contributed by atoms with Crippen molar-refractivity contribution < 1.29 is 9.84 Å². The van der Waals surface area contributed by atoms with Gasteiger partial charge in [0, 0.05) is 6.04 Å². The van der Waals surface area contributed by atoms with Crippen LogP contribution >= 0.6 is 0 Å². The molecule has 1 aliphatic heterocycles. The van der Waals surface area contributed by atoms with Gasteiger partial charge in [-0.1, -0.05) is 18.2 Å². The predicted molar refractivity (Wildman–Crippen MR) is 80.2 cm³/mol. The van der Waals surface area contributed by atoms with Gasteiger partial charge >= 0.3 is 0 Å². The van der Waals surface area contributed by atoms with E-state index in [0.29, 0.717) is 12.0 Å². The molecule has 0 radical (unpaired) electrons. The second-order valence-corrected chi connectivity index (χ2v) is 6.36. The molecule has 0 amide bonds. The lowest BCUT2D eigenvalue weighted by atomic mass is 9.74. The van der Waals surface area contributed by atoms with Crippen molar-refractivity contribution in [3.8, 4) is 5.75 Å². The molecule has 1 aromatic rings. The number of nitrogens with one attached hydrogen (secondary N) is 1. The highest BCUT2D eigenvalue weighted by Gasteiger charge is 2.36. The minimum atomic E-state index is -0.484. The number of hydrogen-bond donors (Lipinski definition) is 2. The maximum atomic E-state index is 10.9. The van der Waals surface area contributed by atoms with Gasteiger partial charge in [0.1, 0.15) is 5.75 Å². The summed E-state index contributed by atoms with van der Waals surface area (Å²) in [7, 11) is 2.02. The summed E-state index contributed by atoms with van der Waals surface area (Å²) >= 11 is 0. The predicted octanol–water partition coefficient (Wildman–Crippen LogP) is 2.84. The van der Waals surface area contributed by atoms with Crippen LogP contribution in [-0.4, -0.2) is 30.4 Å². The Bertz CT molecular complexity index is 452. The fourth-order valence-electron chi connectivity index (χ4n) is 3.73. The molecule has 1 fully saturated rings. The second-order valence-electron chi connectivity index (χ2n) is 6.36. The van der Waals surface area contributed by atoms with Gasteiger partial charge in [0.25, 0.3) is 0 Å². The van der Waals surface area contributed by atoms with Crippen molar-refractivity contribution in [2.24, 2.45) is 0 Å². The van der Waals surface area contributed by atoms with E-state index in [2.05, 4.69) is 17.4 Å². The molecular formula is C17H25NO2. The Hall–Kier alpha value is -1.06. The van der Waals surface area contributed by atoms with Crippen LogP contribution in [0.25, 0.3) is 0 Å². The van der Waals surface area contributed by atoms with Gasteiger partial charge in [0.2, 0.25) is 0 Å². The lowest BCUT2D eigenvalue weighted by molar-refractivity contribution is -0.0189. The SMILES string of the molecule is CNC1CCC(O)(CC2CCOc3ccccc32)CC1. The fraction of sp³-hybridized carbons (Fsp3) is 0.647. The van der Waals surface area contributed by atoms with E-state index < -0.39 is 5.60 Å². The molecule has 2 N–H and O–H groups in total. The van der Waals surface area contributed by atoms with Gasteiger partial charge in [-0.2, -0.15) is 0 Å². The number of hydrogen-bond acceptors (Lipinski definition) is 3. The molecule has 1 saturated carbocycles. The number of rotatable bonds is 3. The van der Waals surface area contributed by atoms with E-state index in [4.69, 9.17) is 4.74 Å².